The van der Waals surface area contributed by atoms with Crippen molar-refractivity contribution in [3.8, 4) is 0 Å². The van der Waals surface area contributed by atoms with E-state index in [0.29, 0.717) is 19.4 Å². The molecule has 0 spiro atoms. The molecule has 3 aliphatic rings. The van der Waals surface area contributed by atoms with Gasteiger partial charge in [-0.3, -0.25) is 9.78 Å². The number of hydrogen-bond acceptors (Lipinski definition) is 10. The van der Waals surface area contributed by atoms with Gasteiger partial charge in [-0.15, -0.1) is 0 Å². The smallest absolute Gasteiger partial charge is 0.222 e. The molecule has 1 amide bonds. The largest absolute Gasteiger partial charge is 0.394 e. The molecule has 0 saturated carbocycles. The van der Waals surface area contributed by atoms with E-state index in [1.807, 2.05) is 6.08 Å². The molecule has 0 radical (unpaired) electrons. The topological polar surface area (TPSA) is 186 Å². The zero-order valence-corrected chi connectivity index (χ0v) is 33.6. The molecule has 6 N–H and O–H groups in total. The maximum atomic E-state index is 13.4. The Morgan fingerprint density at radius 3 is 2.39 bits per heavy atom. The number of aliphatic hydroxyl groups is 4. The number of nitrogens with zero attached hydrogens (tertiary/aromatic N) is 3. The van der Waals surface area contributed by atoms with Crippen molar-refractivity contribution >= 4 is 45.7 Å². The molecule has 13 nitrogen and oxygen atoms in total. The Hall–Kier alpha value is -4.21. The number of allylic oxidation sites excluding steroid dienone is 1. The third-order valence-electron chi connectivity index (χ3n) is 11.7. The summed E-state index contributed by atoms with van der Waals surface area (Å²) in [4.78, 5) is 32.8. The normalized spacial score (nSPS) is 23.6. The zero-order valence-electron chi connectivity index (χ0n) is 33.6. The summed E-state index contributed by atoms with van der Waals surface area (Å²) in [5.74, 6) is 0.0354. The first kappa shape index (κ1) is 41.4. The van der Waals surface area contributed by atoms with Gasteiger partial charge in [0.05, 0.1) is 37.8 Å². The minimum atomic E-state index is -1.51. The van der Waals surface area contributed by atoms with Gasteiger partial charge in [0.25, 0.3) is 0 Å². The van der Waals surface area contributed by atoms with Gasteiger partial charge >= 0.3 is 0 Å². The minimum absolute atomic E-state index is 0.00500. The number of ether oxygens (including phenoxy) is 3. The third-order valence-corrected chi connectivity index (χ3v) is 11.7. The van der Waals surface area contributed by atoms with Gasteiger partial charge in [-0.2, -0.15) is 0 Å². The van der Waals surface area contributed by atoms with Crippen molar-refractivity contribution < 1.29 is 39.4 Å². The lowest BCUT2D eigenvalue weighted by Gasteiger charge is -2.39. The molecule has 8 bridgehead atoms. The number of fused-ring (bicyclic) bond motifs is 8. The quantitative estimate of drug-likeness (QED) is 0.130. The minimum Gasteiger partial charge on any atom is -0.394 e. The molecule has 3 aromatic rings. The highest BCUT2D eigenvalue weighted by Gasteiger charge is 2.44. The summed E-state index contributed by atoms with van der Waals surface area (Å²) in [6.07, 6.45) is -0.847. The van der Waals surface area contributed by atoms with Crippen LogP contribution in [0.5, 0.6) is 0 Å². The van der Waals surface area contributed by atoms with Gasteiger partial charge in [-0.25, -0.2) is 4.98 Å². The van der Waals surface area contributed by atoms with E-state index >= 15 is 0 Å². The predicted molar refractivity (Wildman–Crippen MR) is 217 cm³/mol. The van der Waals surface area contributed by atoms with Gasteiger partial charge in [0.1, 0.15) is 24.4 Å². The van der Waals surface area contributed by atoms with Gasteiger partial charge in [0.15, 0.2) is 6.29 Å². The fraction of sp³-hybridized carbons (Fsp3) is 0.512. The number of rotatable bonds is 13. The van der Waals surface area contributed by atoms with E-state index in [1.54, 1.807) is 11.9 Å². The van der Waals surface area contributed by atoms with E-state index in [2.05, 4.69) is 82.4 Å². The van der Waals surface area contributed by atoms with Crippen molar-refractivity contribution in [1.29, 1.82) is 0 Å². The van der Waals surface area contributed by atoms with E-state index in [0.717, 1.165) is 73.5 Å². The summed E-state index contributed by atoms with van der Waals surface area (Å²) in [7, 11) is 1.76. The van der Waals surface area contributed by atoms with Crippen LogP contribution in [0.1, 0.15) is 96.0 Å². The Morgan fingerprint density at radius 1 is 0.946 bits per heavy atom. The highest BCUT2D eigenvalue weighted by molar-refractivity contribution is 5.86. The van der Waals surface area contributed by atoms with Gasteiger partial charge in [0.2, 0.25) is 5.91 Å². The molecule has 0 aliphatic carbocycles. The van der Waals surface area contributed by atoms with Crippen molar-refractivity contribution in [3.63, 3.8) is 0 Å². The SMILES string of the molecule is C=Cc1c(C)c2cc3nc(c(C)c4nc(cc5[nH]c(cc1[nH]2)c(C)c5CC)C(C)=C4)[C@@H](CCC(=O)N(C)CCOCCO[C@@H]1O[C@H](CO)[C@@H](O)[C@H](O)[C@H]1O)[C@@H]3C. The number of aliphatic hydroxyl groups excluding tert-OH is 4. The highest BCUT2D eigenvalue weighted by Crippen LogP contribution is 2.42. The van der Waals surface area contributed by atoms with E-state index in [-0.39, 0.29) is 37.6 Å². The Morgan fingerprint density at radius 2 is 1.68 bits per heavy atom. The number of nitrogens with one attached hydrogen (secondary N) is 2. The van der Waals surface area contributed by atoms with Crippen molar-refractivity contribution in [2.45, 2.75) is 103 Å². The molecule has 1 fully saturated rings. The Balaban J connectivity index is 1.19. The molecule has 13 heteroatoms. The van der Waals surface area contributed by atoms with Crippen LogP contribution in [0.2, 0.25) is 0 Å². The first-order chi connectivity index (χ1) is 26.8. The van der Waals surface area contributed by atoms with Crippen molar-refractivity contribution in [3.05, 3.63) is 75.4 Å². The summed E-state index contributed by atoms with van der Waals surface area (Å²) in [5.41, 5.74) is 14.5. The van der Waals surface area contributed by atoms with Crippen LogP contribution in [0.4, 0.5) is 0 Å². The fourth-order valence-electron chi connectivity index (χ4n) is 8.01. The number of likely N-dealkylation sites (N-methyl/N-ethyl adjacent to an activating group) is 1. The first-order valence-electron chi connectivity index (χ1n) is 19.6. The lowest BCUT2D eigenvalue weighted by atomic mass is 9.85. The van der Waals surface area contributed by atoms with Crippen LogP contribution in [0, 0.1) is 20.8 Å². The number of carbonyl (C=O) groups excluding carboxylic acids is 1. The molecule has 3 aliphatic heterocycles. The Kier molecular flexibility index (Phi) is 13.0. The Bertz CT molecular complexity index is 2140. The van der Waals surface area contributed by atoms with Crippen molar-refractivity contribution in [2.75, 3.05) is 40.0 Å². The number of hydrogen-bond donors (Lipinski definition) is 6. The molecule has 1 saturated heterocycles. The molecular formula is C43H57N5O8. The van der Waals surface area contributed by atoms with E-state index in [9.17, 15) is 25.2 Å². The van der Waals surface area contributed by atoms with Crippen LogP contribution < -0.4 is 0 Å². The number of carbonyl (C=O) groups is 1. The molecule has 0 unspecified atom stereocenters. The standard InChI is InChI=1S/C43H57N5O8/c1-9-27-24(5)33-20-36-28(10-2)23(4)32(45-36)19-34-25(6)29(39(47-34)26(7)31-17-22(3)30(44-31)18-35(27)46-33)11-12-38(50)48(8)13-14-54-15-16-55-43-42(53)41(52)40(51)37(21-49)56-43/h10,17-20,25,29,37,40-43,45-46,49,51-53H,2,9,11-16,21H2,1,3-8H3/t25-,29-,37+,40+,41-,42+,43+/m0/s1. The van der Waals surface area contributed by atoms with Gasteiger partial charge in [-0.05, 0) is 92.6 Å². The summed E-state index contributed by atoms with van der Waals surface area (Å²) < 4.78 is 16.5. The molecule has 0 aromatic carbocycles. The predicted octanol–water partition coefficient (Wildman–Crippen LogP) is 4.96. The zero-order chi connectivity index (χ0) is 40.4. The molecule has 6 heterocycles. The number of aryl methyl sites for hydroxylation is 3. The van der Waals surface area contributed by atoms with Crippen LogP contribution in [0.3, 0.4) is 0 Å². The van der Waals surface area contributed by atoms with Crippen molar-refractivity contribution in [2.24, 2.45) is 0 Å². The maximum Gasteiger partial charge on any atom is 0.222 e. The monoisotopic (exact) mass is 771 g/mol. The van der Waals surface area contributed by atoms with E-state index in [1.165, 1.54) is 11.1 Å². The second kappa shape index (κ2) is 17.5. The lowest BCUT2D eigenvalue weighted by Crippen LogP contribution is -2.59. The van der Waals surface area contributed by atoms with Crippen LogP contribution in [-0.4, -0.2) is 122 Å². The van der Waals surface area contributed by atoms with Crippen molar-refractivity contribution in [1.82, 2.24) is 24.8 Å². The van der Waals surface area contributed by atoms with Gasteiger partial charge < -0.3 is 49.5 Å². The molecule has 56 heavy (non-hydrogen) atoms. The number of aromatic nitrogens is 4. The number of H-pyrrole nitrogens is 2. The lowest BCUT2D eigenvalue weighted by molar-refractivity contribution is -0.302. The average molecular weight is 772 g/mol. The number of amides is 1. The second-order valence-electron chi connectivity index (χ2n) is 15.2. The molecule has 7 atom stereocenters. The van der Waals surface area contributed by atoms with Crippen LogP contribution in [0.25, 0.3) is 39.8 Å². The number of aromatic amines is 2. The first-order valence-corrected chi connectivity index (χ1v) is 19.6. The van der Waals surface area contributed by atoms with Crippen LogP contribution >= 0.6 is 0 Å². The van der Waals surface area contributed by atoms with Crippen LogP contribution in [0.15, 0.2) is 24.8 Å². The van der Waals surface area contributed by atoms with E-state index in [4.69, 9.17) is 24.2 Å². The summed E-state index contributed by atoms with van der Waals surface area (Å²) >= 11 is 0. The average Bonchev–Trinajstić information content (AvgIpc) is 3.89. The maximum absolute atomic E-state index is 13.4. The van der Waals surface area contributed by atoms with Gasteiger partial charge in [0, 0.05) is 70.9 Å². The summed E-state index contributed by atoms with van der Waals surface area (Å²) in [5, 5.41) is 39.4. The second-order valence-corrected chi connectivity index (χ2v) is 15.2. The van der Waals surface area contributed by atoms with Gasteiger partial charge in [-0.1, -0.05) is 26.5 Å². The third kappa shape index (κ3) is 8.26. The van der Waals surface area contributed by atoms with E-state index < -0.39 is 37.3 Å². The molecule has 3 aromatic heterocycles. The molecule has 6 rings (SSSR count). The summed E-state index contributed by atoms with van der Waals surface area (Å²) in [6.45, 7) is 17.2. The molecule has 302 valence electrons. The Labute approximate surface area is 328 Å². The highest BCUT2D eigenvalue weighted by atomic mass is 16.7. The van der Waals surface area contributed by atoms with Crippen LogP contribution in [-0.2, 0) is 25.4 Å². The molecular weight excluding hydrogens is 715 g/mol. The summed E-state index contributed by atoms with van der Waals surface area (Å²) in [6, 6.07) is 6.46. The fourth-order valence-corrected chi connectivity index (χ4v) is 8.01.